The predicted octanol–water partition coefficient (Wildman–Crippen LogP) is 5.11. The number of fused-ring (bicyclic) bond motifs is 1. The molecular weight excluding hydrogens is 398 g/mol. The SMILES string of the molecule is Cc1ccc(C(C)n2ccc3[nH]c(-c4ccc(-n5cnc(C)c5)c(C)c4)nc3c2=O)cc1. The van der Waals surface area contributed by atoms with Gasteiger partial charge in [-0.05, 0) is 63.1 Å². The zero-order valence-corrected chi connectivity index (χ0v) is 18.6. The zero-order chi connectivity index (χ0) is 22.4. The number of hydrogen-bond donors (Lipinski definition) is 1. The number of imidazole rings is 2. The Labute approximate surface area is 186 Å². The van der Waals surface area contributed by atoms with Crippen molar-refractivity contribution in [3.8, 4) is 17.1 Å². The van der Waals surface area contributed by atoms with Gasteiger partial charge in [-0.1, -0.05) is 29.8 Å². The van der Waals surface area contributed by atoms with Gasteiger partial charge in [-0.3, -0.25) is 4.79 Å². The summed E-state index contributed by atoms with van der Waals surface area (Å²) >= 11 is 0. The number of benzene rings is 2. The van der Waals surface area contributed by atoms with Gasteiger partial charge < -0.3 is 14.1 Å². The van der Waals surface area contributed by atoms with Crippen LogP contribution in [-0.2, 0) is 0 Å². The van der Waals surface area contributed by atoms with Crippen LogP contribution in [0.25, 0.3) is 28.1 Å². The summed E-state index contributed by atoms with van der Waals surface area (Å²) in [5.41, 5.74) is 7.47. The molecule has 5 aromatic rings. The largest absolute Gasteiger partial charge is 0.338 e. The summed E-state index contributed by atoms with van der Waals surface area (Å²) in [7, 11) is 0. The van der Waals surface area contributed by atoms with Crippen molar-refractivity contribution >= 4 is 11.0 Å². The van der Waals surface area contributed by atoms with E-state index in [1.165, 1.54) is 5.56 Å². The number of aryl methyl sites for hydroxylation is 3. The lowest BCUT2D eigenvalue weighted by molar-refractivity contribution is 0.619. The summed E-state index contributed by atoms with van der Waals surface area (Å²) in [6.07, 6.45) is 5.66. The van der Waals surface area contributed by atoms with Gasteiger partial charge >= 0.3 is 0 Å². The number of pyridine rings is 1. The highest BCUT2D eigenvalue weighted by atomic mass is 16.1. The molecule has 6 nitrogen and oxygen atoms in total. The van der Waals surface area contributed by atoms with Gasteiger partial charge in [0.05, 0.1) is 23.6 Å². The lowest BCUT2D eigenvalue weighted by atomic mass is 10.1. The molecule has 5 rings (SSSR count). The van der Waals surface area contributed by atoms with Gasteiger partial charge in [0.25, 0.3) is 5.56 Å². The summed E-state index contributed by atoms with van der Waals surface area (Å²) in [5, 5.41) is 0. The molecule has 1 atom stereocenters. The molecule has 6 heteroatoms. The zero-order valence-electron chi connectivity index (χ0n) is 18.6. The molecule has 0 saturated carbocycles. The average molecular weight is 424 g/mol. The number of rotatable bonds is 4. The third kappa shape index (κ3) is 3.43. The first-order valence-electron chi connectivity index (χ1n) is 10.7. The molecule has 3 heterocycles. The molecule has 2 aromatic carbocycles. The topological polar surface area (TPSA) is 68.5 Å². The Hall–Kier alpha value is -3.93. The highest BCUT2D eigenvalue weighted by molar-refractivity contribution is 5.78. The van der Waals surface area contributed by atoms with E-state index in [4.69, 9.17) is 0 Å². The summed E-state index contributed by atoms with van der Waals surface area (Å²) < 4.78 is 3.76. The Kier molecular flexibility index (Phi) is 4.78. The fraction of sp³-hybridized carbons (Fsp3) is 0.192. The smallest absolute Gasteiger partial charge is 0.279 e. The first kappa shape index (κ1) is 20.0. The van der Waals surface area contributed by atoms with Crippen LogP contribution in [0, 0.1) is 20.8 Å². The fourth-order valence-corrected chi connectivity index (χ4v) is 4.11. The monoisotopic (exact) mass is 423 g/mol. The van der Waals surface area contributed by atoms with Crippen LogP contribution in [0.2, 0.25) is 0 Å². The average Bonchev–Trinajstić information content (AvgIpc) is 3.41. The maximum absolute atomic E-state index is 13.2. The van der Waals surface area contributed by atoms with Gasteiger partial charge in [-0.2, -0.15) is 0 Å². The number of hydrogen-bond acceptors (Lipinski definition) is 3. The molecule has 1 N–H and O–H groups in total. The van der Waals surface area contributed by atoms with E-state index in [-0.39, 0.29) is 11.6 Å². The number of aromatic amines is 1. The van der Waals surface area contributed by atoms with Gasteiger partial charge in [0.1, 0.15) is 5.82 Å². The van der Waals surface area contributed by atoms with Crippen LogP contribution in [0.5, 0.6) is 0 Å². The Bertz CT molecular complexity index is 1490. The molecule has 0 bridgehead atoms. The summed E-state index contributed by atoms with van der Waals surface area (Å²) in [6.45, 7) is 8.13. The molecule has 32 heavy (non-hydrogen) atoms. The van der Waals surface area contributed by atoms with Crippen molar-refractivity contribution in [2.75, 3.05) is 0 Å². The van der Waals surface area contributed by atoms with Crippen molar-refractivity contribution in [3.05, 3.63) is 100.0 Å². The third-order valence-electron chi connectivity index (χ3n) is 6.01. The summed E-state index contributed by atoms with van der Waals surface area (Å²) in [4.78, 5) is 25.5. The van der Waals surface area contributed by atoms with Crippen LogP contribution in [0.4, 0.5) is 0 Å². The number of nitrogens with one attached hydrogen (secondary N) is 1. The molecule has 0 aliphatic heterocycles. The molecule has 3 aromatic heterocycles. The van der Waals surface area contributed by atoms with Crippen molar-refractivity contribution in [1.29, 1.82) is 0 Å². The van der Waals surface area contributed by atoms with Crippen molar-refractivity contribution < 1.29 is 0 Å². The van der Waals surface area contributed by atoms with E-state index in [0.717, 1.165) is 33.6 Å². The third-order valence-corrected chi connectivity index (χ3v) is 6.01. The van der Waals surface area contributed by atoms with Crippen LogP contribution < -0.4 is 5.56 Å². The number of aromatic nitrogens is 5. The van der Waals surface area contributed by atoms with E-state index < -0.39 is 0 Å². The van der Waals surface area contributed by atoms with Gasteiger partial charge in [-0.25, -0.2) is 9.97 Å². The molecular formula is C26H25N5O. The second kappa shape index (κ2) is 7.64. The van der Waals surface area contributed by atoms with Crippen LogP contribution in [0.3, 0.4) is 0 Å². The fourth-order valence-electron chi connectivity index (χ4n) is 4.11. The highest BCUT2D eigenvalue weighted by Crippen LogP contribution is 2.25. The maximum atomic E-state index is 13.2. The molecule has 0 fully saturated rings. The van der Waals surface area contributed by atoms with Crippen LogP contribution >= 0.6 is 0 Å². The lowest BCUT2D eigenvalue weighted by Gasteiger charge is -2.15. The summed E-state index contributed by atoms with van der Waals surface area (Å²) in [5.74, 6) is 0.689. The van der Waals surface area contributed by atoms with E-state index in [1.54, 1.807) is 4.57 Å². The Morgan fingerprint density at radius 1 is 1.00 bits per heavy atom. The van der Waals surface area contributed by atoms with E-state index in [2.05, 4.69) is 65.2 Å². The first-order chi connectivity index (χ1) is 15.4. The molecule has 0 radical (unpaired) electrons. The Morgan fingerprint density at radius 2 is 1.78 bits per heavy atom. The van der Waals surface area contributed by atoms with Crippen molar-refractivity contribution in [1.82, 2.24) is 24.1 Å². The normalized spacial score (nSPS) is 12.4. The van der Waals surface area contributed by atoms with E-state index in [0.29, 0.717) is 11.3 Å². The molecule has 160 valence electrons. The van der Waals surface area contributed by atoms with Crippen LogP contribution in [0.15, 0.2) is 72.0 Å². The lowest BCUT2D eigenvalue weighted by Crippen LogP contribution is -2.23. The molecule has 0 spiro atoms. The quantitative estimate of drug-likeness (QED) is 0.437. The molecule has 0 aliphatic rings. The van der Waals surface area contributed by atoms with Crippen molar-refractivity contribution in [2.45, 2.75) is 33.7 Å². The van der Waals surface area contributed by atoms with Gasteiger partial charge in [0.2, 0.25) is 0 Å². The summed E-state index contributed by atoms with van der Waals surface area (Å²) in [6, 6.07) is 16.3. The molecule has 0 aliphatic carbocycles. The van der Waals surface area contributed by atoms with Crippen LogP contribution in [0.1, 0.15) is 35.3 Å². The number of nitrogens with zero attached hydrogens (tertiary/aromatic N) is 4. The Balaban J connectivity index is 1.53. The van der Waals surface area contributed by atoms with Crippen molar-refractivity contribution in [2.24, 2.45) is 0 Å². The van der Waals surface area contributed by atoms with Crippen LogP contribution in [-0.4, -0.2) is 24.1 Å². The van der Waals surface area contributed by atoms with Gasteiger partial charge in [-0.15, -0.1) is 0 Å². The highest BCUT2D eigenvalue weighted by Gasteiger charge is 2.15. The van der Waals surface area contributed by atoms with E-state index >= 15 is 0 Å². The van der Waals surface area contributed by atoms with E-state index in [1.807, 2.05) is 49.3 Å². The minimum Gasteiger partial charge on any atom is -0.338 e. The predicted molar refractivity (Wildman–Crippen MR) is 127 cm³/mol. The minimum absolute atomic E-state index is 0.0761. The maximum Gasteiger partial charge on any atom is 0.279 e. The second-order valence-corrected chi connectivity index (χ2v) is 8.39. The standard InChI is InChI=1S/C26H25N5O/c1-16-5-7-20(8-6-16)19(4)31-12-11-22-24(26(31)32)29-25(28-22)21-9-10-23(17(2)13-21)30-14-18(3)27-15-30/h5-15,19H,1-4H3,(H,28,29). The number of H-pyrrole nitrogens is 1. The van der Waals surface area contributed by atoms with Crippen molar-refractivity contribution in [3.63, 3.8) is 0 Å². The van der Waals surface area contributed by atoms with Gasteiger partial charge in [0.15, 0.2) is 5.52 Å². The first-order valence-corrected chi connectivity index (χ1v) is 10.7. The Morgan fingerprint density at radius 3 is 2.47 bits per heavy atom. The molecule has 0 amide bonds. The molecule has 0 saturated heterocycles. The molecule has 1 unspecified atom stereocenters. The van der Waals surface area contributed by atoms with Gasteiger partial charge in [0, 0.05) is 23.6 Å². The second-order valence-electron chi connectivity index (χ2n) is 8.39. The van der Waals surface area contributed by atoms with E-state index in [9.17, 15) is 4.79 Å². The minimum atomic E-state index is -0.0969.